The molecule has 1 N–H and O–H groups in total. The molecule has 0 amide bonds. The highest BCUT2D eigenvalue weighted by Crippen LogP contribution is 2.25. The zero-order chi connectivity index (χ0) is 13.1. The van der Waals surface area contributed by atoms with E-state index in [1.165, 1.54) is 12.4 Å². The summed E-state index contributed by atoms with van der Waals surface area (Å²) < 4.78 is 0. The molecule has 0 aliphatic carbocycles. The van der Waals surface area contributed by atoms with E-state index >= 15 is 0 Å². The quantitative estimate of drug-likeness (QED) is 0.876. The lowest BCUT2D eigenvalue weighted by Gasteiger charge is -2.15. The number of nitrogens with zero attached hydrogens (tertiary/aromatic N) is 4. The van der Waals surface area contributed by atoms with Gasteiger partial charge >= 0.3 is 5.97 Å². The largest absolute Gasteiger partial charge is 0.476 e. The first-order valence-corrected chi connectivity index (χ1v) is 5.27. The molecule has 0 fully saturated rings. The highest BCUT2D eigenvalue weighted by molar-refractivity contribution is 5.86. The van der Waals surface area contributed by atoms with E-state index in [0.717, 1.165) is 5.56 Å². The number of carbonyl (C=O) groups is 1. The van der Waals surface area contributed by atoms with Crippen molar-refractivity contribution in [2.75, 3.05) is 19.0 Å². The van der Waals surface area contributed by atoms with Gasteiger partial charge in [0, 0.05) is 25.9 Å². The molecule has 6 heteroatoms. The van der Waals surface area contributed by atoms with Crippen LogP contribution >= 0.6 is 0 Å². The minimum Gasteiger partial charge on any atom is -0.476 e. The molecule has 2 aromatic heterocycles. The van der Waals surface area contributed by atoms with Crippen LogP contribution in [0.2, 0.25) is 0 Å². The van der Waals surface area contributed by atoms with Crippen LogP contribution in [-0.4, -0.2) is 40.1 Å². The summed E-state index contributed by atoms with van der Waals surface area (Å²) in [5, 5.41) is 8.91. The van der Waals surface area contributed by atoms with E-state index in [4.69, 9.17) is 5.11 Å². The van der Waals surface area contributed by atoms with Crippen LogP contribution in [0.3, 0.4) is 0 Å². The maximum absolute atomic E-state index is 10.9. The van der Waals surface area contributed by atoms with Crippen molar-refractivity contribution >= 4 is 11.8 Å². The van der Waals surface area contributed by atoms with Crippen molar-refractivity contribution in [1.82, 2.24) is 15.0 Å². The van der Waals surface area contributed by atoms with Crippen LogP contribution in [0.25, 0.3) is 11.3 Å². The maximum Gasteiger partial charge on any atom is 0.356 e. The molecule has 0 atom stereocenters. The number of aromatic nitrogens is 3. The van der Waals surface area contributed by atoms with Gasteiger partial charge in [0.15, 0.2) is 5.69 Å². The third-order valence-electron chi connectivity index (χ3n) is 2.34. The van der Waals surface area contributed by atoms with Crippen molar-refractivity contribution < 1.29 is 9.90 Å². The molecule has 2 aromatic rings. The fourth-order valence-corrected chi connectivity index (χ4v) is 1.55. The average Bonchev–Trinajstić information content (AvgIpc) is 2.39. The predicted molar refractivity (Wildman–Crippen MR) is 66.5 cm³/mol. The molecule has 0 radical (unpaired) electrons. The van der Waals surface area contributed by atoms with Gasteiger partial charge in [-0.1, -0.05) is 0 Å². The van der Waals surface area contributed by atoms with Crippen molar-refractivity contribution in [2.45, 2.75) is 0 Å². The second kappa shape index (κ2) is 4.79. The first-order valence-electron chi connectivity index (χ1n) is 5.27. The Morgan fingerprint density at radius 3 is 2.78 bits per heavy atom. The molecular formula is C12H12N4O2. The normalized spacial score (nSPS) is 10.1. The second-order valence-electron chi connectivity index (χ2n) is 3.86. The van der Waals surface area contributed by atoms with Gasteiger partial charge in [-0.05, 0) is 12.1 Å². The van der Waals surface area contributed by atoms with Crippen LogP contribution in [-0.2, 0) is 0 Å². The summed E-state index contributed by atoms with van der Waals surface area (Å²) in [6.07, 6.45) is 4.42. The molecule has 0 saturated carbocycles. The Kier molecular flexibility index (Phi) is 3.18. The second-order valence-corrected chi connectivity index (χ2v) is 3.86. The summed E-state index contributed by atoms with van der Waals surface area (Å²) >= 11 is 0. The molecule has 0 spiro atoms. The number of aromatic carboxylic acids is 1. The number of carboxylic acids is 1. The Labute approximate surface area is 104 Å². The van der Waals surface area contributed by atoms with Crippen molar-refractivity contribution in [3.8, 4) is 11.3 Å². The lowest BCUT2D eigenvalue weighted by atomic mass is 10.2. The van der Waals surface area contributed by atoms with Gasteiger partial charge < -0.3 is 10.0 Å². The Hall–Kier alpha value is -2.50. The third kappa shape index (κ3) is 2.27. The Morgan fingerprint density at radius 1 is 1.33 bits per heavy atom. The molecule has 2 rings (SSSR count). The zero-order valence-corrected chi connectivity index (χ0v) is 10.0. The van der Waals surface area contributed by atoms with Crippen molar-refractivity contribution in [3.05, 3.63) is 36.4 Å². The molecular weight excluding hydrogens is 232 g/mol. The summed E-state index contributed by atoms with van der Waals surface area (Å²) in [6.45, 7) is 0. The van der Waals surface area contributed by atoms with E-state index in [1.54, 1.807) is 12.3 Å². The molecule has 18 heavy (non-hydrogen) atoms. The van der Waals surface area contributed by atoms with Gasteiger partial charge in [0.2, 0.25) is 0 Å². The smallest absolute Gasteiger partial charge is 0.356 e. The molecule has 6 nitrogen and oxygen atoms in total. The van der Waals surface area contributed by atoms with E-state index in [9.17, 15) is 4.79 Å². The summed E-state index contributed by atoms with van der Waals surface area (Å²) in [4.78, 5) is 24.9. The van der Waals surface area contributed by atoms with E-state index in [0.29, 0.717) is 11.5 Å². The molecule has 92 valence electrons. The fourth-order valence-electron chi connectivity index (χ4n) is 1.55. The van der Waals surface area contributed by atoms with Gasteiger partial charge in [0.1, 0.15) is 5.82 Å². The summed E-state index contributed by atoms with van der Waals surface area (Å²) in [5.74, 6) is -0.381. The molecule has 0 bridgehead atoms. The van der Waals surface area contributed by atoms with Crippen LogP contribution in [0, 0.1) is 0 Å². The standard InChI is InChI=1S/C12H12N4O2/c1-16(2)11-8(4-3-5-14-11)9-6-13-7-10(15-9)12(17)18/h3-7H,1-2H3,(H,17,18). The average molecular weight is 244 g/mol. The molecule has 0 aliphatic heterocycles. The highest BCUT2D eigenvalue weighted by Gasteiger charge is 2.12. The molecule has 2 heterocycles. The Morgan fingerprint density at radius 2 is 2.11 bits per heavy atom. The Bertz CT molecular complexity index is 584. The van der Waals surface area contributed by atoms with Gasteiger partial charge in [0.25, 0.3) is 0 Å². The number of rotatable bonds is 3. The summed E-state index contributed by atoms with van der Waals surface area (Å²) in [6, 6.07) is 3.61. The first-order chi connectivity index (χ1) is 8.59. The van der Waals surface area contributed by atoms with Gasteiger partial charge in [0.05, 0.1) is 18.1 Å². The zero-order valence-electron chi connectivity index (χ0n) is 10.0. The minimum absolute atomic E-state index is 0.0824. The highest BCUT2D eigenvalue weighted by atomic mass is 16.4. The number of hydrogen-bond acceptors (Lipinski definition) is 5. The number of hydrogen-bond donors (Lipinski definition) is 1. The molecule has 0 unspecified atom stereocenters. The first kappa shape index (κ1) is 12.0. The number of anilines is 1. The van der Waals surface area contributed by atoms with Gasteiger partial charge in [-0.15, -0.1) is 0 Å². The molecule has 0 aromatic carbocycles. The number of carboxylic acid groups (broad SMARTS) is 1. The molecule has 0 saturated heterocycles. The fraction of sp³-hybridized carbons (Fsp3) is 0.167. The van der Waals surface area contributed by atoms with E-state index < -0.39 is 5.97 Å². The monoisotopic (exact) mass is 244 g/mol. The van der Waals surface area contributed by atoms with Crippen molar-refractivity contribution in [1.29, 1.82) is 0 Å². The van der Waals surface area contributed by atoms with E-state index in [-0.39, 0.29) is 5.69 Å². The van der Waals surface area contributed by atoms with E-state index in [1.807, 2.05) is 25.1 Å². The van der Waals surface area contributed by atoms with Crippen LogP contribution in [0.4, 0.5) is 5.82 Å². The van der Waals surface area contributed by atoms with Gasteiger partial charge in [-0.2, -0.15) is 0 Å². The van der Waals surface area contributed by atoms with Crippen LogP contribution in [0.15, 0.2) is 30.7 Å². The van der Waals surface area contributed by atoms with Crippen LogP contribution in [0.1, 0.15) is 10.5 Å². The van der Waals surface area contributed by atoms with Crippen molar-refractivity contribution in [2.24, 2.45) is 0 Å². The predicted octanol–water partition coefficient (Wildman–Crippen LogP) is 1.30. The van der Waals surface area contributed by atoms with Gasteiger partial charge in [-0.3, -0.25) is 4.98 Å². The maximum atomic E-state index is 10.9. The topological polar surface area (TPSA) is 79.2 Å². The lowest BCUT2D eigenvalue weighted by Crippen LogP contribution is -2.12. The van der Waals surface area contributed by atoms with Crippen LogP contribution < -0.4 is 4.90 Å². The SMILES string of the molecule is CN(C)c1ncccc1-c1cncc(C(=O)O)n1. The molecule has 0 aliphatic rings. The third-order valence-corrected chi connectivity index (χ3v) is 2.34. The van der Waals surface area contributed by atoms with Gasteiger partial charge in [-0.25, -0.2) is 14.8 Å². The lowest BCUT2D eigenvalue weighted by molar-refractivity contribution is 0.0690. The summed E-state index contributed by atoms with van der Waals surface area (Å²) in [5.41, 5.74) is 1.16. The van der Waals surface area contributed by atoms with Crippen LogP contribution in [0.5, 0.6) is 0 Å². The minimum atomic E-state index is -1.10. The number of pyridine rings is 1. The summed E-state index contributed by atoms with van der Waals surface area (Å²) in [7, 11) is 3.72. The Balaban J connectivity index is 2.55. The van der Waals surface area contributed by atoms with Crippen molar-refractivity contribution in [3.63, 3.8) is 0 Å². The van der Waals surface area contributed by atoms with E-state index in [2.05, 4.69) is 15.0 Å².